The lowest BCUT2D eigenvalue weighted by Gasteiger charge is -2.27. The summed E-state index contributed by atoms with van der Waals surface area (Å²) in [5.74, 6) is 0.681. The molecular formula is C18H22N4O3S2. The van der Waals surface area contributed by atoms with E-state index in [1.807, 2.05) is 30.5 Å². The standard InChI is InChI=1S/C18H22N4O3S2/c1-2-21-13-14(12-19-21)27(23,24)22-9-5-3-4-7-16(22)15-11-17(25-20-15)18-8-6-10-26-18/h6,8,10-13,16H,2-5,7,9H2,1H3/t16-/m0/s1. The van der Waals surface area contributed by atoms with Gasteiger partial charge in [-0.15, -0.1) is 11.3 Å². The van der Waals surface area contributed by atoms with E-state index < -0.39 is 10.0 Å². The molecule has 0 bridgehead atoms. The molecule has 0 aromatic carbocycles. The van der Waals surface area contributed by atoms with Gasteiger partial charge in [0.2, 0.25) is 10.0 Å². The molecule has 1 saturated heterocycles. The van der Waals surface area contributed by atoms with Gasteiger partial charge in [0.25, 0.3) is 0 Å². The number of rotatable bonds is 5. The van der Waals surface area contributed by atoms with E-state index in [1.165, 1.54) is 6.20 Å². The van der Waals surface area contributed by atoms with E-state index in [9.17, 15) is 8.42 Å². The molecule has 0 spiro atoms. The number of hydrogen-bond donors (Lipinski definition) is 0. The molecule has 27 heavy (non-hydrogen) atoms. The minimum Gasteiger partial charge on any atom is -0.355 e. The predicted octanol–water partition coefficient (Wildman–Crippen LogP) is 3.93. The van der Waals surface area contributed by atoms with Gasteiger partial charge in [-0.2, -0.15) is 9.40 Å². The van der Waals surface area contributed by atoms with Crippen LogP contribution in [0.5, 0.6) is 0 Å². The highest BCUT2D eigenvalue weighted by Crippen LogP contribution is 2.36. The fourth-order valence-corrected chi connectivity index (χ4v) is 5.73. The highest BCUT2D eigenvalue weighted by atomic mass is 32.2. The van der Waals surface area contributed by atoms with Crippen molar-refractivity contribution in [2.45, 2.75) is 50.1 Å². The topological polar surface area (TPSA) is 81.2 Å². The average molecular weight is 407 g/mol. The summed E-state index contributed by atoms with van der Waals surface area (Å²) in [5.41, 5.74) is 0.673. The quantitative estimate of drug-likeness (QED) is 0.641. The SMILES string of the molecule is CCn1cc(S(=O)(=O)N2CCCCC[C@H]2c2cc(-c3cccs3)on2)cn1. The maximum Gasteiger partial charge on any atom is 0.246 e. The van der Waals surface area contributed by atoms with Gasteiger partial charge in [-0.05, 0) is 31.2 Å². The van der Waals surface area contributed by atoms with Gasteiger partial charge >= 0.3 is 0 Å². The molecule has 0 saturated carbocycles. The third-order valence-corrected chi connectivity index (χ3v) is 7.62. The lowest BCUT2D eigenvalue weighted by atomic mass is 10.1. The lowest BCUT2D eigenvalue weighted by Crippen LogP contribution is -2.34. The van der Waals surface area contributed by atoms with E-state index in [0.29, 0.717) is 24.5 Å². The number of sulfonamides is 1. The Morgan fingerprint density at radius 2 is 2.22 bits per heavy atom. The summed E-state index contributed by atoms with van der Waals surface area (Å²) in [7, 11) is -3.65. The Morgan fingerprint density at radius 3 is 2.96 bits per heavy atom. The summed E-state index contributed by atoms with van der Waals surface area (Å²) < 4.78 is 35.3. The van der Waals surface area contributed by atoms with Crippen molar-refractivity contribution in [2.24, 2.45) is 0 Å². The first-order valence-electron chi connectivity index (χ1n) is 9.14. The van der Waals surface area contributed by atoms with E-state index >= 15 is 0 Å². The maximum absolute atomic E-state index is 13.3. The van der Waals surface area contributed by atoms with Gasteiger partial charge in [-0.25, -0.2) is 8.42 Å². The Balaban J connectivity index is 1.69. The minimum atomic E-state index is -3.65. The molecule has 3 aromatic rings. The van der Waals surface area contributed by atoms with Crippen molar-refractivity contribution in [3.05, 3.63) is 41.7 Å². The molecule has 4 heterocycles. The molecule has 0 aliphatic carbocycles. The average Bonchev–Trinajstić information content (AvgIpc) is 3.40. The predicted molar refractivity (Wildman–Crippen MR) is 103 cm³/mol. The van der Waals surface area contributed by atoms with Gasteiger partial charge in [0.1, 0.15) is 10.6 Å². The number of hydrogen-bond acceptors (Lipinski definition) is 6. The highest BCUT2D eigenvalue weighted by molar-refractivity contribution is 7.89. The Labute approximate surface area is 162 Å². The number of aryl methyl sites for hydroxylation is 1. The van der Waals surface area contributed by atoms with Gasteiger partial charge in [0.05, 0.1) is 17.1 Å². The number of aromatic nitrogens is 3. The van der Waals surface area contributed by atoms with Crippen LogP contribution in [0.4, 0.5) is 0 Å². The number of thiophene rings is 1. The van der Waals surface area contributed by atoms with Crippen LogP contribution in [-0.4, -0.2) is 34.2 Å². The van der Waals surface area contributed by atoms with Crippen LogP contribution < -0.4 is 0 Å². The second-order valence-electron chi connectivity index (χ2n) is 6.61. The zero-order chi connectivity index (χ0) is 18.9. The largest absolute Gasteiger partial charge is 0.355 e. The first-order valence-corrected chi connectivity index (χ1v) is 11.5. The molecule has 1 fully saturated rings. The van der Waals surface area contributed by atoms with Crippen LogP contribution in [0.15, 0.2) is 45.4 Å². The Kier molecular flexibility index (Phi) is 5.16. The van der Waals surface area contributed by atoms with Gasteiger partial charge in [-0.3, -0.25) is 4.68 Å². The van der Waals surface area contributed by atoms with Gasteiger partial charge < -0.3 is 4.52 Å². The van der Waals surface area contributed by atoms with Crippen LogP contribution in [0.1, 0.15) is 44.3 Å². The number of nitrogens with zero attached hydrogens (tertiary/aromatic N) is 4. The second kappa shape index (κ2) is 7.57. The smallest absolute Gasteiger partial charge is 0.246 e. The summed E-state index contributed by atoms with van der Waals surface area (Å²) in [4.78, 5) is 1.22. The highest BCUT2D eigenvalue weighted by Gasteiger charge is 2.36. The van der Waals surface area contributed by atoms with E-state index in [1.54, 1.807) is 26.5 Å². The van der Waals surface area contributed by atoms with Crippen molar-refractivity contribution >= 4 is 21.4 Å². The normalized spacial score (nSPS) is 19.2. The van der Waals surface area contributed by atoms with Gasteiger partial charge in [-0.1, -0.05) is 24.1 Å². The zero-order valence-electron chi connectivity index (χ0n) is 15.1. The van der Waals surface area contributed by atoms with Crippen LogP contribution in [0.25, 0.3) is 10.6 Å². The van der Waals surface area contributed by atoms with Gasteiger partial charge in [0, 0.05) is 25.4 Å². The van der Waals surface area contributed by atoms with Crippen LogP contribution in [0.3, 0.4) is 0 Å². The molecule has 1 aliphatic heterocycles. The van der Waals surface area contributed by atoms with Crippen LogP contribution >= 0.6 is 11.3 Å². The Bertz CT molecular complexity index is 992. The molecule has 7 nitrogen and oxygen atoms in total. The first kappa shape index (κ1) is 18.4. The first-order chi connectivity index (χ1) is 13.1. The Hall–Kier alpha value is -1.97. The summed E-state index contributed by atoms with van der Waals surface area (Å²) in [6.07, 6.45) is 6.57. The summed E-state index contributed by atoms with van der Waals surface area (Å²) >= 11 is 1.57. The van der Waals surface area contributed by atoms with Crippen LogP contribution in [0, 0.1) is 0 Å². The molecule has 9 heteroatoms. The summed E-state index contributed by atoms with van der Waals surface area (Å²) in [5, 5.41) is 10.3. The van der Waals surface area contributed by atoms with Crippen LogP contribution in [-0.2, 0) is 16.6 Å². The summed E-state index contributed by atoms with van der Waals surface area (Å²) in [6, 6.07) is 5.48. The van der Waals surface area contributed by atoms with Crippen molar-refractivity contribution in [1.82, 2.24) is 19.2 Å². The van der Waals surface area contributed by atoms with E-state index in [0.717, 1.165) is 30.6 Å². The third kappa shape index (κ3) is 3.59. The molecule has 0 unspecified atom stereocenters. The summed E-state index contributed by atoms with van der Waals surface area (Å²) in [6.45, 7) is 3.04. The van der Waals surface area contributed by atoms with Crippen molar-refractivity contribution < 1.29 is 12.9 Å². The second-order valence-corrected chi connectivity index (χ2v) is 9.44. The van der Waals surface area contributed by atoms with Crippen molar-refractivity contribution in [1.29, 1.82) is 0 Å². The fraction of sp³-hybridized carbons (Fsp3) is 0.444. The van der Waals surface area contributed by atoms with Gasteiger partial charge in [0.15, 0.2) is 5.76 Å². The molecule has 0 amide bonds. The van der Waals surface area contributed by atoms with Crippen LogP contribution in [0.2, 0.25) is 0 Å². The molecule has 144 valence electrons. The molecule has 1 atom stereocenters. The Morgan fingerprint density at radius 1 is 1.33 bits per heavy atom. The lowest BCUT2D eigenvalue weighted by molar-refractivity contribution is 0.308. The van der Waals surface area contributed by atoms with E-state index in [4.69, 9.17) is 4.52 Å². The van der Waals surface area contributed by atoms with Crippen molar-refractivity contribution in [3.63, 3.8) is 0 Å². The molecule has 0 N–H and O–H groups in total. The molecule has 0 radical (unpaired) electrons. The van der Waals surface area contributed by atoms with E-state index in [-0.39, 0.29) is 10.9 Å². The molecule has 1 aliphatic rings. The fourth-order valence-electron chi connectivity index (χ4n) is 3.43. The monoisotopic (exact) mass is 406 g/mol. The minimum absolute atomic E-state index is 0.234. The van der Waals surface area contributed by atoms with E-state index in [2.05, 4.69) is 10.3 Å². The maximum atomic E-state index is 13.3. The molecular weight excluding hydrogens is 384 g/mol. The van der Waals surface area contributed by atoms with Crippen molar-refractivity contribution in [3.8, 4) is 10.6 Å². The molecule has 3 aromatic heterocycles. The zero-order valence-corrected chi connectivity index (χ0v) is 16.7. The van der Waals surface area contributed by atoms with Crippen molar-refractivity contribution in [2.75, 3.05) is 6.54 Å². The molecule has 4 rings (SSSR count). The third-order valence-electron chi connectivity index (χ3n) is 4.88.